The molecule has 0 spiro atoms. The predicted molar refractivity (Wildman–Crippen MR) is 107 cm³/mol. The first-order valence-electron chi connectivity index (χ1n) is 10.2. The Bertz CT molecular complexity index is 716. The first-order chi connectivity index (χ1) is 12.9. The molecular weight excluding hydrogens is 360 g/mol. The Kier molecular flexibility index (Phi) is 6.93. The van der Waals surface area contributed by atoms with E-state index < -0.39 is 9.84 Å². The van der Waals surface area contributed by atoms with Crippen molar-refractivity contribution in [2.75, 3.05) is 38.5 Å². The third-order valence-electron chi connectivity index (χ3n) is 5.93. The van der Waals surface area contributed by atoms with E-state index in [-0.39, 0.29) is 18.1 Å². The quantitative estimate of drug-likeness (QED) is 0.747. The molecule has 3 rings (SSSR count). The zero-order valence-corrected chi connectivity index (χ0v) is 17.2. The Balaban J connectivity index is 1.43. The van der Waals surface area contributed by atoms with Crippen molar-refractivity contribution in [2.45, 2.75) is 50.3 Å². The molecule has 5 nitrogen and oxygen atoms in total. The number of benzene rings is 1. The molecule has 1 aromatic rings. The fraction of sp³-hybridized carbons (Fsp3) is 0.667. The van der Waals surface area contributed by atoms with Gasteiger partial charge < -0.3 is 4.90 Å². The van der Waals surface area contributed by atoms with Gasteiger partial charge in [0.25, 0.3) is 0 Å². The van der Waals surface area contributed by atoms with Gasteiger partial charge in [-0.15, -0.1) is 0 Å². The Hall–Kier alpha value is -1.40. The van der Waals surface area contributed by atoms with E-state index in [0.717, 1.165) is 44.2 Å². The fourth-order valence-electron chi connectivity index (χ4n) is 4.16. The molecule has 1 saturated heterocycles. The highest BCUT2D eigenvalue weighted by Gasteiger charge is 2.25. The number of amides is 1. The molecule has 1 aliphatic carbocycles. The lowest BCUT2D eigenvalue weighted by Gasteiger charge is -2.37. The van der Waals surface area contributed by atoms with Gasteiger partial charge in [0.15, 0.2) is 9.84 Å². The maximum Gasteiger partial charge on any atom is 0.223 e. The summed E-state index contributed by atoms with van der Waals surface area (Å²) in [6, 6.07) is 6.83. The van der Waals surface area contributed by atoms with Gasteiger partial charge in [-0.05, 0) is 37.8 Å². The Morgan fingerprint density at radius 1 is 1.00 bits per heavy atom. The number of rotatable bonds is 6. The number of carbonyl (C=O) groups excluding carboxylic acids is 1. The Labute approximate surface area is 163 Å². The Morgan fingerprint density at radius 3 is 2.26 bits per heavy atom. The molecule has 0 atom stereocenters. The first-order valence-corrected chi connectivity index (χ1v) is 11.9. The van der Waals surface area contributed by atoms with Crippen molar-refractivity contribution in [3.05, 3.63) is 29.8 Å². The van der Waals surface area contributed by atoms with Crippen LogP contribution >= 0.6 is 0 Å². The zero-order chi connectivity index (χ0) is 19.3. The van der Waals surface area contributed by atoms with Crippen LogP contribution in [-0.4, -0.2) is 62.6 Å². The molecule has 1 aliphatic heterocycles. The summed E-state index contributed by atoms with van der Waals surface area (Å²) < 4.78 is 24.9. The number of carbonyl (C=O) groups is 1. The van der Waals surface area contributed by atoms with Crippen LogP contribution in [0.1, 0.15) is 44.1 Å². The summed E-state index contributed by atoms with van der Waals surface area (Å²) in [5.74, 6) is 0.667. The minimum atomic E-state index is -3.40. The second-order valence-corrected chi connectivity index (χ2v) is 10.2. The van der Waals surface area contributed by atoms with E-state index in [4.69, 9.17) is 0 Å². The zero-order valence-electron chi connectivity index (χ0n) is 16.4. The number of sulfone groups is 1. The van der Waals surface area contributed by atoms with Gasteiger partial charge >= 0.3 is 0 Å². The molecule has 0 N–H and O–H groups in total. The molecule has 6 heteroatoms. The standard InChI is InChI=1S/C21H32N2O3S/c1-18-7-9-20(10-8-18)27(25,26)16-11-21(24)23-14-12-22(13-15-23)17-19-5-3-2-4-6-19/h7-10,19H,2-6,11-17H2,1H3. The maximum absolute atomic E-state index is 12.5. The van der Waals surface area contributed by atoms with Crippen LogP contribution in [0.25, 0.3) is 0 Å². The van der Waals surface area contributed by atoms with Gasteiger partial charge in [-0.25, -0.2) is 8.42 Å². The average molecular weight is 393 g/mol. The summed E-state index contributed by atoms with van der Waals surface area (Å²) in [5.41, 5.74) is 1.02. The molecule has 1 aromatic carbocycles. The van der Waals surface area contributed by atoms with Crippen molar-refractivity contribution in [1.82, 2.24) is 9.80 Å². The van der Waals surface area contributed by atoms with Crippen molar-refractivity contribution in [3.8, 4) is 0 Å². The normalized spacial score (nSPS) is 20.0. The predicted octanol–water partition coefficient (Wildman–Crippen LogP) is 2.88. The SMILES string of the molecule is Cc1ccc(S(=O)(=O)CCC(=O)N2CCN(CC3CCCCC3)CC2)cc1. The number of hydrogen-bond acceptors (Lipinski definition) is 4. The third kappa shape index (κ3) is 5.79. The van der Waals surface area contributed by atoms with Crippen molar-refractivity contribution >= 4 is 15.7 Å². The van der Waals surface area contributed by atoms with Gasteiger partial charge in [-0.2, -0.15) is 0 Å². The molecule has 2 aliphatic rings. The lowest BCUT2D eigenvalue weighted by atomic mass is 9.89. The van der Waals surface area contributed by atoms with Crippen LogP contribution in [0.5, 0.6) is 0 Å². The number of piperazine rings is 1. The summed E-state index contributed by atoms with van der Waals surface area (Å²) in [5, 5.41) is 0. The number of aryl methyl sites for hydroxylation is 1. The fourth-order valence-corrected chi connectivity index (χ4v) is 5.39. The molecule has 0 unspecified atom stereocenters. The van der Waals surface area contributed by atoms with Crippen LogP contribution < -0.4 is 0 Å². The summed E-state index contributed by atoms with van der Waals surface area (Å²) in [6.07, 6.45) is 6.85. The smallest absolute Gasteiger partial charge is 0.223 e. The van der Waals surface area contributed by atoms with E-state index in [2.05, 4.69) is 4.90 Å². The molecule has 1 saturated carbocycles. The largest absolute Gasteiger partial charge is 0.340 e. The van der Waals surface area contributed by atoms with Crippen LogP contribution in [-0.2, 0) is 14.6 Å². The molecule has 0 bridgehead atoms. The summed E-state index contributed by atoms with van der Waals surface area (Å²) >= 11 is 0. The molecule has 27 heavy (non-hydrogen) atoms. The van der Waals surface area contributed by atoms with Gasteiger partial charge in [-0.1, -0.05) is 37.0 Å². The monoisotopic (exact) mass is 392 g/mol. The molecule has 0 radical (unpaired) electrons. The molecular formula is C21H32N2O3S. The third-order valence-corrected chi connectivity index (χ3v) is 7.66. The van der Waals surface area contributed by atoms with Crippen LogP contribution in [0.15, 0.2) is 29.2 Å². The minimum absolute atomic E-state index is 0.0389. The lowest BCUT2D eigenvalue weighted by Crippen LogP contribution is -2.50. The van der Waals surface area contributed by atoms with E-state index in [1.54, 1.807) is 24.3 Å². The summed E-state index contributed by atoms with van der Waals surface area (Å²) in [7, 11) is -3.40. The van der Waals surface area contributed by atoms with Crippen LogP contribution in [0.3, 0.4) is 0 Å². The highest BCUT2D eigenvalue weighted by atomic mass is 32.2. The highest BCUT2D eigenvalue weighted by Crippen LogP contribution is 2.24. The highest BCUT2D eigenvalue weighted by molar-refractivity contribution is 7.91. The van der Waals surface area contributed by atoms with Gasteiger partial charge in [0.1, 0.15) is 0 Å². The number of nitrogens with zero attached hydrogens (tertiary/aromatic N) is 2. The van der Waals surface area contributed by atoms with E-state index in [0.29, 0.717) is 4.90 Å². The average Bonchev–Trinajstić information content (AvgIpc) is 2.68. The molecule has 1 heterocycles. The van der Waals surface area contributed by atoms with E-state index in [1.165, 1.54) is 32.1 Å². The molecule has 1 amide bonds. The Morgan fingerprint density at radius 2 is 1.63 bits per heavy atom. The van der Waals surface area contributed by atoms with Crippen molar-refractivity contribution in [1.29, 1.82) is 0 Å². The van der Waals surface area contributed by atoms with Crippen molar-refractivity contribution < 1.29 is 13.2 Å². The van der Waals surface area contributed by atoms with Gasteiger partial charge in [-0.3, -0.25) is 9.69 Å². The molecule has 0 aromatic heterocycles. The minimum Gasteiger partial charge on any atom is -0.340 e. The van der Waals surface area contributed by atoms with Crippen molar-refractivity contribution in [2.24, 2.45) is 5.92 Å². The van der Waals surface area contributed by atoms with E-state index >= 15 is 0 Å². The first kappa shape index (κ1) is 20.3. The molecule has 150 valence electrons. The maximum atomic E-state index is 12.5. The summed E-state index contributed by atoms with van der Waals surface area (Å²) in [6.45, 7) is 6.34. The van der Waals surface area contributed by atoms with Crippen molar-refractivity contribution in [3.63, 3.8) is 0 Å². The molecule has 2 fully saturated rings. The van der Waals surface area contributed by atoms with Gasteiger partial charge in [0.05, 0.1) is 10.6 Å². The second-order valence-electron chi connectivity index (χ2n) is 8.07. The second kappa shape index (κ2) is 9.20. The van der Waals surface area contributed by atoms with Gasteiger partial charge in [0.2, 0.25) is 5.91 Å². The van der Waals surface area contributed by atoms with Crippen LogP contribution in [0.4, 0.5) is 0 Å². The van der Waals surface area contributed by atoms with E-state index in [1.807, 2.05) is 11.8 Å². The summed E-state index contributed by atoms with van der Waals surface area (Å²) in [4.78, 5) is 17.1. The topological polar surface area (TPSA) is 57.7 Å². The lowest BCUT2D eigenvalue weighted by molar-refractivity contribution is -0.132. The van der Waals surface area contributed by atoms with Gasteiger partial charge in [0, 0.05) is 39.1 Å². The van der Waals surface area contributed by atoms with Crippen LogP contribution in [0.2, 0.25) is 0 Å². The number of hydrogen-bond donors (Lipinski definition) is 0. The van der Waals surface area contributed by atoms with E-state index in [9.17, 15) is 13.2 Å². The van der Waals surface area contributed by atoms with Crippen LogP contribution in [0, 0.1) is 12.8 Å².